The van der Waals surface area contributed by atoms with Gasteiger partial charge in [-0.3, -0.25) is 10.1 Å². The zero-order valence-electron chi connectivity index (χ0n) is 13.4. The summed E-state index contributed by atoms with van der Waals surface area (Å²) < 4.78 is 0. The van der Waals surface area contributed by atoms with Crippen LogP contribution in [0.1, 0.15) is 6.42 Å². The van der Waals surface area contributed by atoms with E-state index in [1.807, 2.05) is 37.4 Å². The third kappa shape index (κ3) is 3.27. The van der Waals surface area contributed by atoms with Crippen LogP contribution in [-0.2, 0) is 0 Å². The first kappa shape index (κ1) is 17.6. The predicted octanol–water partition coefficient (Wildman–Crippen LogP) is 2.49. The molecule has 0 aliphatic carbocycles. The molecule has 0 atom stereocenters. The first-order chi connectivity index (χ1) is 11.2. The number of hydrogen-bond donors (Lipinski definition) is 2. The second kappa shape index (κ2) is 7.67. The Kier molecular flexibility index (Phi) is 5.62. The van der Waals surface area contributed by atoms with Gasteiger partial charge in [-0.1, -0.05) is 24.3 Å². The summed E-state index contributed by atoms with van der Waals surface area (Å²) in [5, 5.41) is 19.4. The number of nitrogens with zero attached hydrogens (tertiary/aromatic N) is 2. The molecule has 0 saturated carbocycles. The molecule has 24 heavy (non-hydrogen) atoms. The van der Waals surface area contributed by atoms with Crippen LogP contribution in [0, 0.1) is 10.1 Å². The van der Waals surface area contributed by atoms with E-state index in [-0.39, 0.29) is 16.1 Å². The van der Waals surface area contributed by atoms with Gasteiger partial charge in [-0.05, 0) is 32.1 Å². The van der Waals surface area contributed by atoms with Gasteiger partial charge in [-0.2, -0.15) is 0 Å². The molecule has 0 spiro atoms. The summed E-state index contributed by atoms with van der Waals surface area (Å²) in [5.41, 5.74) is 2.33. The van der Waals surface area contributed by atoms with Crippen molar-refractivity contribution in [2.75, 3.05) is 25.5 Å². The summed E-state index contributed by atoms with van der Waals surface area (Å²) >= 11 is 0. The van der Waals surface area contributed by atoms with E-state index in [0.29, 0.717) is 10.9 Å². The number of pyridine rings is 1. The highest BCUT2D eigenvalue weighted by Crippen LogP contribution is 2.36. The Morgan fingerprint density at radius 1 is 1.08 bits per heavy atom. The highest BCUT2D eigenvalue weighted by atomic mass is 16.6. The molecule has 0 bridgehead atoms. The summed E-state index contributed by atoms with van der Waals surface area (Å²) in [4.78, 5) is 15.6. The summed E-state index contributed by atoms with van der Waals surface area (Å²) in [6.07, 6.45) is 0.926. The Balaban J connectivity index is 0.00000208. The van der Waals surface area contributed by atoms with Crippen molar-refractivity contribution in [3.63, 3.8) is 0 Å². The second-order valence-electron chi connectivity index (χ2n) is 5.32. The van der Waals surface area contributed by atoms with E-state index in [0.717, 1.165) is 36.1 Å². The second-order valence-corrected chi connectivity index (χ2v) is 5.32. The molecule has 0 unspecified atom stereocenters. The van der Waals surface area contributed by atoms with Crippen molar-refractivity contribution in [1.29, 1.82) is 0 Å². The number of nitrogens with one attached hydrogen (secondary N) is 2. The Labute approximate surface area is 139 Å². The third-order valence-electron chi connectivity index (χ3n) is 3.79. The molecule has 126 valence electrons. The minimum absolute atomic E-state index is 0. The van der Waals surface area contributed by atoms with Crippen LogP contribution >= 0.6 is 0 Å². The van der Waals surface area contributed by atoms with Gasteiger partial charge in [0.2, 0.25) is 0 Å². The molecule has 0 amide bonds. The van der Waals surface area contributed by atoms with E-state index >= 15 is 0 Å². The van der Waals surface area contributed by atoms with Crippen molar-refractivity contribution in [3.8, 4) is 0 Å². The fourth-order valence-electron chi connectivity index (χ4n) is 2.74. The number of nitro groups is 1. The standard InChI is InChI=1S/C17H18N4O2.H2O/c1-18-10-5-11-19-17-12-6-2-3-7-13(12)20-14-8-4-9-15(16(14)17)21(22)23;/h2-4,6-9,18H,5,10-11H2,1H3,(H,19,20);1H2. The molecular formula is C17H20N4O3. The van der Waals surface area contributed by atoms with E-state index in [9.17, 15) is 10.1 Å². The SMILES string of the molecule is CNCCCNc1c2ccccc2nc2cccc([N+](=O)[O-])c12.O. The molecule has 7 nitrogen and oxygen atoms in total. The molecule has 1 aromatic heterocycles. The molecule has 3 aromatic rings. The van der Waals surface area contributed by atoms with Gasteiger partial charge in [0.05, 0.1) is 21.6 Å². The van der Waals surface area contributed by atoms with E-state index in [4.69, 9.17) is 0 Å². The van der Waals surface area contributed by atoms with Gasteiger partial charge in [-0.15, -0.1) is 0 Å². The molecule has 4 N–H and O–H groups in total. The van der Waals surface area contributed by atoms with Crippen molar-refractivity contribution >= 4 is 33.2 Å². The Bertz CT molecular complexity index is 867. The van der Waals surface area contributed by atoms with Crippen LogP contribution in [0.25, 0.3) is 21.8 Å². The molecule has 2 aromatic carbocycles. The lowest BCUT2D eigenvalue weighted by atomic mass is 10.1. The Morgan fingerprint density at radius 2 is 1.83 bits per heavy atom. The maximum atomic E-state index is 11.4. The van der Waals surface area contributed by atoms with E-state index in [1.165, 1.54) is 6.07 Å². The van der Waals surface area contributed by atoms with Gasteiger partial charge < -0.3 is 16.1 Å². The number of nitro benzene ring substituents is 1. The summed E-state index contributed by atoms with van der Waals surface area (Å²) in [6.45, 7) is 1.62. The molecule has 0 saturated heterocycles. The molecule has 0 fully saturated rings. The number of anilines is 1. The monoisotopic (exact) mass is 328 g/mol. The minimum atomic E-state index is -0.350. The van der Waals surface area contributed by atoms with Crippen LogP contribution < -0.4 is 10.6 Å². The fourth-order valence-corrected chi connectivity index (χ4v) is 2.74. The van der Waals surface area contributed by atoms with Crippen LogP contribution in [0.2, 0.25) is 0 Å². The van der Waals surface area contributed by atoms with Crippen LogP contribution in [-0.4, -0.2) is 35.5 Å². The molecule has 0 aliphatic heterocycles. The lowest BCUT2D eigenvalue weighted by molar-refractivity contribution is -0.383. The van der Waals surface area contributed by atoms with E-state index in [2.05, 4.69) is 15.6 Å². The number of fused-ring (bicyclic) bond motifs is 2. The summed E-state index contributed by atoms with van der Waals surface area (Å²) in [7, 11) is 1.90. The molecule has 0 aliphatic rings. The molecule has 1 heterocycles. The molecule has 7 heteroatoms. The number of hydrogen-bond acceptors (Lipinski definition) is 5. The fraction of sp³-hybridized carbons (Fsp3) is 0.235. The van der Waals surface area contributed by atoms with Gasteiger partial charge in [0.1, 0.15) is 5.39 Å². The van der Waals surface area contributed by atoms with Gasteiger partial charge >= 0.3 is 0 Å². The number of aromatic nitrogens is 1. The van der Waals surface area contributed by atoms with Crippen LogP contribution in [0.4, 0.5) is 11.4 Å². The van der Waals surface area contributed by atoms with Crippen molar-refractivity contribution in [2.45, 2.75) is 6.42 Å². The average molecular weight is 328 g/mol. The highest BCUT2D eigenvalue weighted by molar-refractivity contribution is 6.11. The lowest BCUT2D eigenvalue weighted by Crippen LogP contribution is -2.13. The van der Waals surface area contributed by atoms with Crippen LogP contribution in [0.5, 0.6) is 0 Å². The van der Waals surface area contributed by atoms with Crippen LogP contribution in [0.15, 0.2) is 42.5 Å². The average Bonchev–Trinajstić information content (AvgIpc) is 2.57. The predicted molar refractivity (Wildman–Crippen MR) is 96.6 cm³/mol. The summed E-state index contributed by atoms with van der Waals surface area (Å²) in [5.74, 6) is 0. The lowest BCUT2D eigenvalue weighted by Gasteiger charge is -2.13. The van der Waals surface area contributed by atoms with E-state index < -0.39 is 0 Å². The van der Waals surface area contributed by atoms with Crippen molar-refractivity contribution in [3.05, 3.63) is 52.6 Å². The Morgan fingerprint density at radius 3 is 2.58 bits per heavy atom. The molecule has 0 radical (unpaired) electrons. The van der Waals surface area contributed by atoms with Gasteiger partial charge in [0, 0.05) is 18.0 Å². The smallest absolute Gasteiger partial charge is 0.280 e. The van der Waals surface area contributed by atoms with Crippen molar-refractivity contribution in [2.24, 2.45) is 0 Å². The van der Waals surface area contributed by atoms with Crippen LogP contribution in [0.3, 0.4) is 0 Å². The highest BCUT2D eigenvalue weighted by Gasteiger charge is 2.18. The largest absolute Gasteiger partial charge is 0.412 e. The maximum absolute atomic E-state index is 11.4. The quantitative estimate of drug-likeness (QED) is 0.312. The number of para-hydroxylation sites is 1. The van der Waals surface area contributed by atoms with E-state index in [1.54, 1.807) is 6.07 Å². The zero-order chi connectivity index (χ0) is 16.2. The number of rotatable bonds is 6. The first-order valence-electron chi connectivity index (χ1n) is 7.56. The number of non-ortho nitro benzene ring substituents is 1. The van der Waals surface area contributed by atoms with Gasteiger partial charge in [-0.25, -0.2) is 4.98 Å². The Hall–Kier alpha value is -2.77. The number of benzene rings is 2. The van der Waals surface area contributed by atoms with Gasteiger partial charge in [0.15, 0.2) is 0 Å². The van der Waals surface area contributed by atoms with Gasteiger partial charge in [0.25, 0.3) is 5.69 Å². The third-order valence-corrected chi connectivity index (χ3v) is 3.79. The maximum Gasteiger partial charge on any atom is 0.280 e. The van der Waals surface area contributed by atoms with Crippen molar-refractivity contribution in [1.82, 2.24) is 10.3 Å². The first-order valence-corrected chi connectivity index (χ1v) is 7.56. The molecule has 3 rings (SSSR count). The minimum Gasteiger partial charge on any atom is -0.412 e. The summed E-state index contributed by atoms with van der Waals surface area (Å²) in [6, 6.07) is 12.7. The van der Waals surface area contributed by atoms with Crippen molar-refractivity contribution < 1.29 is 10.4 Å². The zero-order valence-corrected chi connectivity index (χ0v) is 13.4. The topological polar surface area (TPSA) is 112 Å². The molecular weight excluding hydrogens is 308 g/mol. The normalized spacial score (nSPS) is 10.5.